The maximum atomic E-state index is 6.03. The van der Waals surface area contributed by atoms with Crippen molar-refractivity contribution in [3.63, 3.8) is 0 Å². The standard InChI is InChI=1S/C12H16N6S/c1-4-9-10-11(17(3)16-9)18(12(13)15-10)5-8-6-19-7(2)14-8/h6H,4-5H2,1-3H3,(H2,13,15). The summed E-state index contributed by atoms with van der Waals surface area (Å²) in [5, 5.41) is 7.59. The van der Waals surface area contributed by atoms with E-state index in [-0.39, 0.29) is 0 Å². The smallest absolute Gasteiger partial charge is 0.202 e. The lowest BCUT2D eigenvalue weighted by molar-refractivity contribution is 0.714. The molecule has 100 valence electrons. The highest BCUT2D eigenvalue weighted by molar-refractivity contribution is 7.09. The molecule has 3 heterocycles. The van der Waals surface area contributed by atoms with Gasteiger partial charge < -0.3 is 5.73 Å². The highest BCUT2D eigenvalue weighted by atomic mass is 32.1. The summed E-state index contributed by atoms with van der Waals surface area (Å²) in [6, 6.07) is 0. The number of thiazole rings is 1. The molecule has 3 aromatic rings. The van der Waals surface area contributed by atoms with Crippen molar-refractivity contribution >= 4 is 28.4 Å². The van der Waals surface area contributed by atoms with Crippen LogP contribution in [0.5, 0.6) is 0 Å². The number of nitrogens with zero attached hydrogens (tertiary/aromatic N) is 5. The van der Waals surface area contributed by atoms with Crippen molar-refractivity contribution in [2.24, 2.45) is 7.05 Å². The van der Waals surface area contributed by atoms with Gasteiger partial charge in [-0.15, -0.1) is 11.3 Å². The van der Waals surface area contributed by atoms with Crippen LogP contribution in [0.4, 0.5) is 5.95 Å². The summed E-state index contributed by atoms with van der Waals surface area (Å²) in [4.78, 5) is 8.92. The van der Waals surface area contributed by atoms with Gasteiger partial charge in [-0.1, -0.05) is 6.92 Å². The molecule has 0 atom stereocenters. The van der Waals surface area contributed by atoms with E-state index in [4.69, 9.17) is 5.73 Å². The first kappa shape index (κ1) is 12.2. The van der Waals surface area contributed by atoms with E-state index in [1.54, 1.807) is 11.3 Å². The first-order valence-corrected chi connectivity index (χ1v) is 7.06. The summed E-state index contributed by atoms with van der Waals surface area (Å²) in [7, 11) is 1.92. The van der Waals surface area contributed by atoms with Crippen LogP contribution < -0.4 is 5.73 Å². The molecule has 19 heavy (non-hydrogen) atoms. The van der Waals surface area contributed by atoms with Crippen LogP contribution >= 0.6 is 11.3 Å². The fourth-order valence-corrected chi connectivity index (χ4v) is 2.90. The average molecular weight is 276 g/mol. The Morgan fingerprint density at radius 3 is 2.79 bits per heavy atom. The first-order chi connectivity index (χ1) is 9.10. The molecule has 3 aromatic heterocycles. The van der Waals surface area contributed by atoms with Crippen LogP contribution in [-0.2, 0) is 20.0 Å². The molecule has 0 amide bonds. The lowest BCUT2D eigenvalue weighted by Crippen LogP contribution is -2.08. The van der Waals surface area contributed by atoms with Gasteiger partial charge >= 0.3 is 0 Å². The number of hydrogen-bond donors (Lipinski definition) is 1. The number of aryl methyl sites for hydroxylation is 3. The Morgan fingerprint density at radius 2 is 2.16 bits per heavy atom. The molecular weight excluding hydrogens is 260 g/mol. The number of hydrogen-bond acceptors (Lipinski definition) is 5. The SMILES string of the molecule is CCc1nn(C)c2c1nc(N)n2Cc1csc(C)n1. The Hall–Kier alpha value is -1.89. The molecule has 0 aliphatic heterocycles. The molecule has 6 nitrogen and oxygen atoms in total. The summed E-state index contributed by atoms with van der Waals surface area (Å²) >= 11 is 1.64. The molecule has 0 aliphatic rings. The molecule has 0 saturated heterocycles. The molecule has 7 heteroatoms. The summed E-state index contributed by atoms with van der Waals surface area (Å²) in [5.74, 6) is 0.517. The van der Waals surface area contributed by atoms with Gasteiger partial charge in [-0.05, 0) is 13.3 Å². The van der Waals surface area contributed by atoms with Crippen LogP contribution in [0.3, 0.4) is 0 Å². The van der Waals surface area contributed by atoms with Crippen molar-refractivity contribution in [3.05, 3.63) is 21.8 Å². The molecule has 0 saturated carbocycles. The predicted octanol–water partition coefficient (Wildman–Crippen LogP) is 1.73. The molecule has 0 aromatic carbocycles. The summed E-state index contributed by atoms with van der Waals surface area (Å²) in [6.07, 6.45) is 0.851. The highest BCUT2D eigenvalue weighted by Crippen LogP contribution is 2.22. The number of rotatable bonds is 3. The monoisotopic (exact) mass is 276 g/mol. The summed E-state index contributed by atoms with van der Waals surface area (Å²) in [6.45, 7) is 4.70. The lowest BCUT2D eigenvalue weighted by Gasteiger charge is -2.04. The lowest BCUT2D eigenvalue weighted by atomic mass is 10.3. The van der Waals surface area contributed by atoms with Gasteiger partial charge in [0.15, 0.2) is 5.65 Å². The molecule has 0 bridgehead atoms. The number of imidazole rings is 1. The predicted molar refractivity (Wildman–Crippen MR) is 76.2 cm³/mol. The third kappa shape index (κ3) is 1.90. The second kappa shape index (κ2) is 4.34. The molecule has 0 spiro atoms. The molecule has 0 unspecified atom stereocenters. The molecule has 2 N–H and O–H groups in total. The van der Waals surface area contributed by atoms with E-state index in [0.29, 0.717) is 12.5 Å². The third-order valence-corrected chi connectivity index (χ3v) is 3.96. The van der Waals surface area contributed by atoms with Crippen molar-refractivity contribution in [2.75, 3.05) is 5.73 Å². The Kier molecular flexibility index (Phi) is 2.78. The molecule has 0 aliphatic carbocycles. The van der Waals surface area contributed by atoms with Gasteiger partial charge in [-0.25, -0.2) is 9.97 Å². The van der Waals surface area contributed by atoms with Gasteiger partial charge in [0.05, 0.1) is 22.9 Å². The first-order valence-electron chi connectivity index (χ1n) is 6.18. The van der Waals surface area contributed by atoms with Gasteiger partial charge in [-0.3, -0.25) is 9.25 Å². The minimum atomic E-state index is 0.517. The van der Waals surface area contributed by atoms with Crippen LogP contribution in [-0.4, -0.2) is 24.3 Å². The van der Waals surface area contributed by atoms with Gasteiger partial charge in [-0.2, -0.15) is 5.10 Å². The van der Waals surface area contributed by atoms with Crippen molar-refractivity contribution in [3.8, 4) is 0 Å². The fourth-order valence-electron chi connectivity index (χ4n) is 2.30. The number of anilines is 1. The van der Waals surface area contributed by atoms with Crippen LogP contribution in [0.2, 0.25) is 0 Å². The van der Waals surface area contributed by atoms with Gasteiger partial charge in [0.2, 0.25) is 5.95 Å². The van der Waals surface area contributed by atoms with Gasteiger partial charge in [0.25, 0.3) is 0 Å². The number of fused-ring (bicyclic) bond motifs is 1. The zero-order chi connectivity index (χ0) is 13.6. The second-order valence-corrected chi connectivity index (χ2v) is 5.57. The second-order valence-electron chi connectivity index (χ2n) is 4.51. The van der Waals surface area contributed by atoms with Crippen LogP contribution in [0.1, 0.15) is 23.3 Å². The largest absolute Gasteiger partial charge is 0.369 e. The van der Waals surface area contributed by atoms with Crippen molar-refractivity contribution in [2.45, 2.75) is 26.8 Å². The van der Waals surface area contributed by atoms with E-state index >= 15 is 0 Å². The van der Waals surface area contributed by atoms with E-state index in [0.717, 1.165) is 34.0 Å². The van der Waals surface area contributed by atoms with Gasteiger partial charge in [0, 0.05) is 12.4 Å². The fraction of sp³-hybridized carbons (Fsp3) is 0.417. The van der Waals surface area contributed by atoms with Crippen molar-refractivity contribution in [1.82, 2.24) is 24.3 Å². The Morgan fingerprint density at radius 1 is 1.37 bits per heavy atom. The number of aromatic nitrogens is 5. The Balaban J connectivity index is 2.12. The molecule has 0 radical (unpaired) electrons. The number of nitrogens with two attached hydrogens (primary N) is 1. The van der Waals surface area contributed by atoms with E-state index in [1.807, 2.05) is 23.2 Å². The van der Waals surface area contributed by atoms with E-state index in [1.165, 1.54) is 0 Å². The Labute approximate surface area is 114 Å². The van der Waals surface area contributed by atoms with E-state index in [2.05, 4.69) is 27.4 Å². The minimum Gasteiger partial charge on any atom is -0.369 e. The van der Waals surface area contributed by atoms with Crippen LogP contribution in [0, 0.1) is 6.92 Å². The zero-order valence-electron chi connectivity index (χ0n) is 11.2. The quantitative estimate of drug-likeness (QED) is 0.790. The van der Waals surface area contributed by atoms with E-state index < -0.39 is 0 Å². The maximum absolute atomic E-state index is 6.03. The summed E-state index contributed by atoms with van der Waals surface area (Å²) < 4.78 is 3.81. The van der Waals surface area contributed by atoms with Crippen LogP contribution in [0.15, 0.2) is 5.38 Å². The summed E-state index contributed by atoms with van der Waals surface area (Å²) in [5.41, 5.74) is 9.88. The van der Waals surface area contributed by atoms with Gasteiger partial charge in [0.1, 0.15) is 5.52 Å². The van der Waals surface area contributed by atoms with Crippen molar-refractivity contribution in [1.29, 1.82) is 0 Å². The van der Waals surface area contributed by atoms with Crippen LogP contribution in [0.25, 0.3) is 11.2 Å². The molecule has 0 fully saturated rings. The highest BCUT2D eigenvalue weighted by Gasteiger charge is 2.17. The number of nitrogen functional groups attached to an aromatic ring is 1. The third-order valence-electron chi connectivity index (χ3n) is 3.14. The molecule has 3 rings (SSSR count). The normalized spacial score (nSPS) is 11.5. The average Bonchev–Trinajstić information content (AvgIpc) is 3.00. The minimum absolute atomic E-state index is 0.517. The van der Waals surface area contributed by atoms with Crippen molar-refractivity contribution < 1.29 is 0 Å². The molecular formula is C12H16N6S. The topological polar surface area (TPSA) is 74.6 Å². The maximum Gasteiger partial charge on any atom is 0.202 e. The zero-order valence-corrected chi connectivity index (χ0v) is 12.0. The van der Waals surface area contributed by atoms with E-state index in [9.17, 15) is 0 Å². The Bertz CT molecular complexity index is 735.